The summed E-state index contributed by atoms with van der Waals surface area (Å²) < 4.78 is 16.4. The number of anilines is 1. The smallest absolute Gasteiger partial charge is 0.325 e. The molecule has 4 rings (SSSR count). The molecule has 0 radical (unpaired) electrons. The van der Waals surface area contributed by atoms with Gasteiger partial charge in [-0.3, -0.25) is 14.5 Å². The van der Waals surface area contributed by atoms with Crippen LogP contribution in [0.1, 0.15) is 18.9 Å². The molecule has 2 heterocycles. The Morgan fingerprint density at radius 1 is 1.19 bits per heavy atom. The molecule has 1 fully saturated rings. The van der Waals surface area contributed by atoms with Crippen molar-refractivity contribution in [3.05, 3.63) is 47.0 Å². The third-order valence-corrected chi connectivity index (χ3v) is 5.63. The number of methoxy groups -OCH3 is 1. The van der Waals surface area contributed by atoms with E-state index in [1.54, 1.807) is 37.3 Å². The van der Waals surface area contributed by atoms with Crippen LogP contribution in [0.4, 0.5) is 10.5 Å². The lowest BCUT2D eigenvalue weighted by Crippen LogP contribution is -2.42. The van der Waals surface area contributed by atoms with Crippen molar-refractivity contribution >= 4 is 35.1 Å². The molecule has 0 spiro atoms. The Balaban J connectivity index is 1.49. The first-order valence-corrected chi connectivity index (χ1v) is 10.4. The van der Waals surface area contributed by atoms with Crippen LogP contribution in [0.5, 0.6) is 17.2 Å². The highest BCUT2D eigenvalue weighted by Crippen LogP contribution is 2.36. The number of hydrogen-bond donors (Lipinski definition) is 2. The number of imide groups is 1. The van der Waals surface area contributed by atoms with Crippen LogP contribution in [0.3, 0.4) is 0 Å². The highest BCUT2D eigenvalue weighted by atomic mass is 35.5. The molecule has 0 aliphatic carbocycles. The molecule has 2 aromatic rings. The Kier molecular flexibility index (Phi) is 5.84. The molecular formula is C22H22ClN3O6. The molecule has 168 valence electrons. The summed E-state index contributed by atoms with van der Waals surface area (Å²) in [4.78, 5) is 39.1. The lowest BCUT2D eigenvalue weighted by molar-refractivity contribution is -0.133. The molecule has 4 amide bonds. The topological polar surface area (TPSA) is 106 Å². The minimum absolute atomic E-state index is 0.322. The first kappa shape index (κ1) is 21.8. The first-order valence-electron chi connectivity index (χ1n) is 9.99. The second-order valence-corrected chi connectivity index (χ2v) is 7.96. The molecule has 2 aromatic carbocycles. The van der Waals surface area contributed by atoms with E-state index in [9.17, 15) is 14.4 Å². The summed E-state index contributed by atoms with van der Waals surface area (Å²) >= 11 is 6.07. The molecule has 2 N–H and O–H groups in total. The summed E-state index contributed by atoms with van der Waals surface area (Å²) in [5.41, 5.74) is -0.394. The number of benzene rings is 2. The van der Waals surface area contributed by atoms with Gasteiger partial charge in [-0.2, -0.15) is 0 Å². The minimum atomic E-state index is -1.34. The van der Waals surface area contributed by atoms with Gasteiger partial charge in [-0.05, 0) is 42.8 Å². The van der Waals surface area contributed by atoms with Gasteiger partial charge in [-0.15, -0.1) is 0 Å². The number of rotatable bonds is 5. The molecule has 1 atom stereocenters. The van der Waals surface area contributed by atoms with E-state index in [2.05, 4.69) is 10.6 Å². The number of halogens is 1. The van der Waals surface area contributed by atoms with E-state index in [1.807, 2.05) is 0 Å². The van der Waals surface area contributed by atoms with Gasteiger partial charge in [0.25, 0.3) is 5.91 Å². The Morgan fingerprint density at radius 3 is 2.66 bits per heavy atom. The largest absolute Gasteiger partial charge is 0.495 e. The number of fused-ring (bicyclic) bond motifs is 1. The van der Waals surface area contributed by atoms with Crippen molar-refractivity contribution in [3.63, 3.8) is 0 Å². The number of urea groups is 1. The van der Waals surface area contributed by atoms with E-state index in [4.69, 9.17) is 25.8 Å². The predicted molar refractivity (Wildman–Crippen MR) is 116 cm³/mol. The quantitative estimate of drug-likeness (QED) is 0.666. The van der Waals surface area contributed by atoms with Crippen LogP contribution in [-0.2, 0) is 15.1 Å². The Labute approximate surface area is 189 Å². The average molecular weight is 460 g/mol. The van der Waals surface area contributed by atoms with Crippen molar-refractivity contribution in [2.24, 2.45) is 0 Å². The van der Waals surface area contributed by atoms with Gasteiger partial charge in [-0.1, -0.05) is 17.7 Å². The lowest BCUT2D eigenvalue weighted by atomic mass is 9.91. The summed E-state index contributed by atoms with van der Waals surface area (Å²) in [5, 5.41) is 5.63. The minimum Gasteiger partial charge on any atom is -0.495 e. The summed E-state index contributed by atoms with van der Waals surface area (Å²) in [6.07, 6.45) is 0.749. The van der Waals surface area contributed by atoms with Gasteiger partial charge in [-0.25, -0.2) is 4.79 Å². The van der Waals surface area contributed by atoms with Crippen molar-refractivity contribution in [3.8, 4) is 17.2 Å². The predicted octanol–water partition coefficient (Wildman–Crippen LogP) is 2.92. The fourth-order valence-corrected chi connectivity index (χ4v) is 3.86. The number of carbonyl (C=O) groups excluding carboxylic acids is 3. The third-order valence-electron chi connectivity index (χ3n) is 5.34. The maximum absolute atomic E-state index is 13.2. The van der Waals surface area contributed by atoms with Crippen molar-refractivity contribution in [2.75, 3.05) is 32.2 Å². The Hall–Kier alpha value is -3.46. The summed E-state index contributed by atoms with van der Waals surface area (Å²) in [6.45, 7) is 2.18. The number of nitrogens with one attached hydrogen (secondary N) is 2. The van der Waals surface area contributed by atoms with Crippen LogP contribution < -0.4 is 24.8 Å². The maximum atomic E-state index is 13.2. The van der Waals surface area contributed by atoms with Crippen molar-refractivity contribution in [1.29, 1.82) is 0 Å². The van der Waals surface area contributed by atoms with Crippen molar-refractivity contribution < 1.29 is 28.6 Å². The van der Waals surface area contributed by atoms with Crippen LogP contribution in [0.25, 0.3) is 0 Å². The molecule has 0 bridgehead atoms. The molecule has 0 aromatic heterocycles. The number of hydrogen-bond acceptors (Lipinski definition) is 6. The SMILES string of the molecule is COc1ccc(NC(=O)CN2C(=O)NC(C)(c3ccc4c(c3)OCCCO4)C2=O)cc1Cl. The molecular weight excluding hydrogens is 438 g/mol. The van der Waals surface area contributed by atoms with E-state index in [0.29, 0.717) is 46.7 Å². The average Bonchev–Trinajstić information content (AvgIpc) is 2.93. The van der Waals surface area contributed by atoms with E-state index in [0.717, 1.165) is 11.3 Å². The summed E-state index contributed by atoms with van der Waals surface area (Å²) in [6, 6.07) is 9.17. The lowest BCUT2D eigenvalue weighted by Gasteiger charge is -2.23. The van der Waals surface area contributed by atoms with Gasteiger partial charge in [0.1, 0.15) is 17.8 Å². The summed E-state index contributed by atoms with van der Waals surface area (Å²) in [7, 11) is 1.48. The molecule has 10 heteroatoms. The Bertz CT molecular complexity index is 1090. The normalized spacial score (nSPS) is 19.9. The van der Waals surface area contributed by atoms with Gasteiger partial charge in [0.15, 0.2) is 11.5 Å². The highest BCUT2D eigenvalue weighted by molar-refractivity contribution is 6.32. The standard InChI is InChI=1S/C22H22ClN3O6/c1-22(13-4-6-17-18(10-13)32-9-3-8-31-17)20(28)26(21(29)25-22)12-19(27)24-14-5-7-16(30-2)15(23)11-14/h4-7,10-11H,3,8-9,12H2,1-2H3,(H,24,27)(H,25,29). The molecule has 2 aliphatic heterocycles. The second-order valence-electron chi connectivity index (χ2n) is 7.56. The van der Waals surface area contributed by atoms with Gasteiger partial charge in [0, 0.05) is 12.1 Å². The number of ether oxygens (including phenoxy) is 3. The fraction of sp³-hybridized carbons (Fsp3) is 0.318. The molecule has 1 saturated heterocycles. The highest BCUT2D eigenvalue weighted by Gasteiger charge is 2.49. The molecule has 1 unspecified atom stereocenters. The summed E-state index contributed by atoms with van der Waals surface area (Å²) in [5.74, 6) is 0.471. The zero-order valence-corrected chi connectivity index (χ0v) is 18.3. The van der Waals surface area contributed by atoms with Crippen LogP contribution in [-0.4, -0.2) is 49.6 Å². The first-order chi connectivity index (χ1) is 15.3. The van der Waals surface area contributed by atoms with Crippen molar-refractivity contribution in [2.45, 2.75) is 18.9 Å². The van der Waals surface area contributed by atoms with Crippen LogP contribution in [0.15, 0.2) is 36.4 Å². The van der Waals surface area contributed by atoms with E-state index in [1.165, 1.54) is 13.2 Å². The third kappa shape index (κ3) is 4.03. The monoisotopic (exact) mass is 459 g/mol. The van der Waals surface area contributed by atoms with Crippen LogP contribution >= 0.6 is 11.6 Å². The van der Waals surface area contributed by atoms with Gasteiger partial charge in [0.2, 0.25) is 5.91 Å². The molecule has 9 nitrogen and oxygen atoms in total. The van der Waals surface area contributed by atoms with E-state index in [-0.39, 0.29) is 0 Å². The number of nitrogens with zero attached hydrogens (tertiary/aromatic N) is 1. The van der Waals surface area contributed by atoms with Crippen LogP contribution in [0.2, 0.25) is 5.02 Å². The zero-order chi connectivity index (χ0) is 22.9. The van der Waals surface area contributed by atoms with Crippen LogP contribution in [0, 0.1) is 0 Å². The molecule has 0 saturated carbocycles. The van der Waals surface area contributed by atoms with E-state index < -0.39 is 29.9 Å². The second kappa shape index (κ2) is 8.58. The number of carbonyl (C=O) groups is 3. The van der Waals surface area contributed by atoms with Crippen molar-refractivity contribution in [1.82, 2.24) is 10.2 Å². The van der Waals surface area contributed by atoms with Gasteiger partial charge >= 0.3 is 6.03 Å². The van der Waals surface area contributed by atoms with Gasteiger partial charge in [0.05, 0.1) is 25.3 Å². The molecule has 32 heavy (non-hydrogen) atoms. The zero-order valence-electron chi connectivity index (χ0n) is 17.6. The van der Waals surface area contributed by atoms with E-state index >= 15 is 0 Å². The van der Waals surface area contributed by atoms with Gasteiger partial charge < -0.3 is 24.8 Å². The Morgan fingerprint density at radius 2 is 1.94 bits per heavy atom. The maximum Gasteiger partial charge on any atom is 0.325 e. The molecule has 2 aliphatic rings. The number of amides is 4. The fourth-order valence-electron chi connectivity index (χ4n) is 3.60.